The van der Waals surface area contributed by atoms with Gasteiger partial charge in [0.05, 0.1) is 17.2 Å². The number of thiophene rings is 1. The van der Waals surface area contributed by atoms with Crippen LogP contribution in [0, 0.1) is 5.41 Å². The second-order valence-electron chi connectivity index (χ2n) is 13.6. The SMILES string of the molecule is CC(C)c1cc(C(=O)N2CCCC3(CCN(Cc4cccc(CCNC[C@H](O)c5ccc(O)c6[nH]c(=O)ccc56)c4)CC3)C2)cs1. The molecular formula is C37H46N4O4S. The van der Waals surface area contributed by atoms with E-state index in [1.165, 1.54) is 34.6 Å². The van der Waals surface area contributed by atoms with Crippen molar-refractivity contribution in [2.24, 2.45) is 5.41 Å². The van der Waals surface area contributed by atoms with Gasteiger partial charge in [0, 0.05) is 47.9 Å². The number of likely N-dealkylation sites (tertiary alicyclic amines) is 2. The molecule has 2 fully saturated rings. The monoisotopic (exact) mass is 642 g/mol. The van der Waals surface area contributed by atoms with Crippen LogP contribution in [0.3, 0.4) is 0 Å². The number of hydrogen-bond donors (Lipinski definition) is 4. The van der Waals surface area contributed by atoms with Gasteiger partial charge in [-0.1, -0.05) is 44.2 Å². The van der Waals surface area contributed by atoms with Gasteiger partial charge < -0.3 is 25.4 Å². The lowest BCUT2D eigenvalue weighted by molar-refractivity contribution is 0.0198. The fourth-order valence-electron chi connectivity index (χ4n) is 7.20. The summed E-state index contributed by atoms with van der Waals surface area (Å²) in [7, 11) is 0. The Bertz CT molecular complexity index is 1720. The predicted octanol–water partition coefficient (Wildman–Crippen LogP) is 5.80. The van der Waals surface area contributed by atoms with Gasteiger partial charge in [-0.05, 0) is 98.0 Å². The van der Waals surface area contributed by atoms with E-state index in [-0.39, 0.29) is 22.6 Å². The first-order valence-electron chi connectivity index (χ1n) is 16.6. The molecule has 0 aliphatic carbocycles. The lowest BCUT2D eigenvalue weighted by atomic mass is 9.72. The smallest absolute Gasteiger partial charge is 0.254 e. The van der Waals surface area contributed by atoms with E-state index in [4.69, 9.17) is 0 Å². The molecule has 1 atom stereocenters. The van der Waals surface area contributed by atoms with Crippen molar-refractivity contribution in [3.8, 4) is 5.75 Å². The molecule has 0 unspecified atom stereocenters. The standard InChI is InChI=1S/C37H46N4O4S/c1-25(2)33-20-28(23-46-33)36(45)41-16-4-12-37(24-41)13-17-40(18-14-37)22-27-6-3-5-26(19-27)11-15-38-21-32(43)29-7-9-31(42)35-30(29)8-10-34(44)39-35/h3,5-10,19-20,23,25,32,38,42-43H,4,11-18,21-22,24H2,1-2H3,(H,39,44)/t32-/m0/s1. The molecule has 6 rings (SSSR count). The third-order valence-electron chi connectivity index (χ3n) is 9.89. The Balaban J connectivity index is 0.970. The molecule has 4 N–H and O–H groups in total. The van der Waals surface area contributed by atoms with Gasteiger partial charge in [-0.2, -0.15) is 0 Å². The Kier molecular flexibility index (Phi) is 9.94. The van der Waals surface area contributed by atoms with Gasteiger partial charge in [-0.15, -0.1) is 11.3 Å². The number of aliphatic hydroxyl groups excluding tert-OH is 1. The van der Waals surface area contributed by atoms with Crippen LogP contribution in [0.2, 0.25) is 0 Å². The molecule has 4 aromatic rings. The number of benzene rings is 2. The van der Waals surface area contributed by atoms with Crippen LogP contribution in [-0.2, 0) is 13.0 Å². The number of carbonyl (C=O) groups is 1. The number of fused-ring (bicyclic) bond motifs is 1. The second kappa shape index (κ2) is 14.1. The number of nitrogens with one attached hydrogen (secondary N) is 2. The quantitative estimate of drug-likeness (QED) is 0.163. The maximum absolute atomic E-state index is 13.3. The summed E-state index contributed by atoms with van der Waals surface area (Å²) in [5, 5.41) is 27.0. The molecule has 8 nitrogen and oxygen atoms in total. The van der Waals surface area contributed by atoms with Crippen molar-refractivity contribution < 1.29 is 15.0 Å². The van der Waals surface area contributed by atoms with Gasteiger partial charge in [0.2, 0.25) is 5.56 Å². The number of piperidine rings is 2. The molecule has 2 aromatic carbocycles. The average Bonchev–Trinajstić information content (AvgIpc) is 3.56. The molecule has 0 saturated carbocycles. The van der Waals surface area contributed by atoms with Crippen molar-refractivity contribution >= 4 is 28.1 Å². The van der Waals surface area contributed by atoms with Crippen molar-refractivity contribution in [2.45, 2.75) is 64.5 Å². The van der Waals surface area contributed by atoms with Gasteiger partial charge in [0.15, 0.2) is 0 Å². The number of nitrogens with zero attached hydrogens (tertiary/aromatic N) is 2. The van der Waals surface area contributed by atoms with E-state index < -0.39 is 6.10 Å². The van der Waals surface area contributed by atoms with Crippen molar-refractivity contribution in [3.05, 3.63) is 97.5 Å². The van der Waals surface area contributed by atoms with Gasteiger partial charge in [-0.3, -0.25) is 14.5 Å². The second-order valence-corrected chi connectivity index (χ2v) is 14.5. The Labute approximate surface area is 275 Å². The zero-order chi connectivity index (χ0) is 32.3. The average molecular weight is 643 g/mol. The number of aromatic nitrogens is 1. The summed E-state index contributed by atoms with van der Waals surface area (Å²) in [6, 6.07) is 17.1. The first-order valence-corrected chi connectivity index (χ1v) is 17.5. The highest BCUT2D eigenvalue weighted by atomic mass is 32.1. The number of amides is 1. The minimum Gasteiger partial charge on any atom is -0.506 e. The van der Waals surface area contributed by atoms with Gasteiger partial charge in [0.25, 0.3) is 5.91 Å². The van der Waals surface area contributed by atoms with Crippen LogP contribution in [0.4, 0.5) is 0 Å². The molecule has 0 bridgehead atoms. The number of H-pyrrole nitrogens is 1. The van der Waals surface area contributed by atoms with Crippen molar-refractivity contribution in [1.29, 1.82) is 0 Å². The third kappa shape index (κ3) is 7.39. The predicted molar refractivity (Wildman–Crippen MR) is 185 cm³/mol. The van der Waals surface area contributed by atoms with Crippen LogP contribution in [0.25, 0.3) is 10.9 Å². The minimum atomic E-state index is -0.773. The van der Waals surface area contributed by atoms with E-state index in [0.717, 1.165) is 70.5 Å². The summed E-state index contributed by atoms with van der Waals surface area (Å²) in [6.45, 7) is 10.2. The molecule has 0 radical (unpaired) electrons. The number of hydrogen-bond acceptors (Lipinski definition) is 7. The van der Waals surface area contributed by atoms with Gasteiger partial charge in [-0.25, -0.2) is 0 Å². The summed E-state index contributed by atoms with van der Waals surface area (Å²) >= 11 is 1.70. The van der Waals surface area contributed by atoms with Crippen LogP contribution in [-0.4, -0.2) is 70.2 Å². The molecule has 2 saturated heterocycles. The number of carbonyl (C=O) groups excluding carboxylic acids is 1. The molecule has 244 valence electrons. The summed E-state index contributed by atoms with van der Waals surface area (Å²) in [5.41, 5.74) is 4.39. The number of aromatic hydroxyl groups is 1. The minimum absolute atomic E-state index is 0.0115. The molecule has 9 heteroatoms. The van der Waals surface area contributed by atoms with E-state index >= 15 is 0 Å². The normalized spacial score (nSPS) is 17.6. The molecule has 46 heavy (non-hydrogen) atoms. The fourth-order valence-corrected chi connectivity index (χ4v) is 8.10. The molecule has 1 amide bonds. The highest BCUT2D eigenvalue weighted by molar-refractivity contribution is 7.10. The topological polar surface area (TPSA) is 109 Å². The largest absolute Gasteiger partial charge is 0.506 e. The van der Waals surface area contributed by atoms with Crippen molar-refractivity contribution in [1.82, 2.24) is 20.1 Å². The lowest BCUT2D eigenvalue weighted by Crippen LogP contribution is -2.50. The summed E-state index contributed by atoms with van der Waals surface area (Å²) in [4.78, 5) is 33.7. The van der Waals surface area contributed by atoms with Crippen molar-refractivity contribution in [2.75, 3.05) is 39.3 Å². The van der Waals surface area contributed by atoms with Crippen LogP contribution in [0.5, 0.6) is 5.75 Å². The first kappa shape index (κ1) is 32.4. The van der Waals surface area contributed by atoms with Gasteiger partial charge >= 0.3 is 0 Å². The first-order chi connectivity index (χ1) is 22.2. The van der Waals surface area contributed by atoms with E-state index in [1.807, 2.05) is 5.38 Å². The zero-order valence-electron chi connectivity index (χ0n) is 26.9. The van der Waals surface area contributed by atoms with E-state index in [9.17, 15) is 19.8 Å². The Morgan fingerprint density at radius 3 is 2.63 bits per heavy atom. The fraction of sp³-hybridized carbons (Fsp3) is 0.459. The Morgan fingerprint density at radius 1 is 1.04 bits per heavy atom. The lowest BCUT2D eigenvalue weighted by Gasteiger charge is -2.47. The summed E-state index contributed by atoms with van der Waals surface area (Å²) in [5.74, 6) is 0.647. The van der Waals surface area contributed by atoms with Crippen LogP contribution < -0.4 is 10.9 Å². The Morgan fingerprint density at radius 2 is 1.85 bits per heavy atom. The number of aliphatic hydroxyl groups is 1. The molecule has 2 aromatic heterocycles. The number of aromatic amines is 1. The number of phenols is 1. The molecule has 2 aliphatic rings. The van der Waals surface area contributed by atoms with Gasteiger partial charge in [0.1, 0.15) is 5.75 Å². The highest BCUT2D eigenvalue weighted by Crippen LogP contribution is 2.41. The highest BCUT2D eigenvalue weighted by Gasteiger charge is 2.40. The molecular weight excluding hydrogens is 596 g/mol. The Hall–Kier alpha value is -3.50. The number of pyridine rings is 1. The number of phenolic OH excluding ortho intramolecular Hbond substituents is 1. The molecule has 1 spiro atoms. The summed E-state index contributed by atoms with van der Waals surface area (Å²) < 4.78 is 0. The number of rotatable bonds is 10. The third-order valence-corrected chi connectivity index (χ3v) is 11.1. The van der Waals surface area contributed by atoms with Crippen LogP contribution >= 0.6 is 11.3 Å². The van der Waals surface area contributed by atoms with E-state index in [1.54, 1.807) is 23.5 Å². The maximum atomic E-state index is 13.3. The van der Waals surface area contributed by atoms with Crippen molar-refractivity contribution in [3.63, 3.8) is 0 Å². The zero-order valence-corrected chi connectivity index (χ0v) is 27.7. The summed E-state index contributed by atoms with van der Waals surface area (Å²) in [6.07, 6.45) is 4.65. The molecule has 2 aliphatic heterocycles. The van der Waals surface area contributed by atoms with Crippen LogP contribution in [0.1, 0.15) is 83.5 Å². The maximum Gasteiger partial charge on any atom is 0.254 e. The van der Waals surface area contributed by atoms with E-state index in [2.05, 4.69) is 64.3 Å². The molecule has 4 heterocycles. The van der Waals surface area contributed by atoms with E-state index in [0.29, 0.717) is 28.9 Å². The van der Waals surface area contributed by atoms with Crippen LogP contribution in [0.15, 0.2) is 64.8 Å².